The van der Waals surface area contributed by atoms with Gasteiger partial charge in [0.2, 0.25) is 0 Å². The van der Waals surface area contributed by atoms with E-state index in [4.69, 9.17) is 4.74 Å². The number of hydrogen-bond donors (Lipinski definition) is 0. The maximum absolute atomic E-state index is 11.8. The standard InChI is InChI=1S/C13H22N2O2/c1-4-13(3,5-2)12(16)17-10-6-8-15-9-7-14-11-15/h7,9,11H,4-6,8,10H2,1-3H3. The van der Waals surface area contributed by atoms with Crippen molar-refractivity contribution >= 4 is 5.97 Å². The average Bonchev–Trinajstić information content (AvgIpc) is 2.86. The lowest BCUT2D eigenvalue weighted by atomic mass is 9.85. The van der Waals surface area contributed by atoms with E-state index in [1.807, 2.05) is 31.5 Å². The summed E-state index contributed by atoms with van der Waals surface area (Å²) < 4.78 is 7.29. The Morgan fingerprint density at radius 2 is 2.12 bits per heavy atom. The molecule has 1 aromatic rings. The molecule has 17 heavy (non-hydrogen) atoms. The van der Waals surface area contributed by atoms with Crippen molar-refractivity contribution in [3.63, 3.8) is 0 Å². The number of rotatable bonds is 7. The van der Waals surface area contributed by atoms with E-state index in [1.165, 1.54) is 0 Å². The molecule has 0 amide bonds. The van der Waals surface area contributed by atoms with E-state index in [0.29, 0.717) is 6.61 Å². The topological polar surface area (TPSA) is 44.1 Å². The van der Waals surface area contributed by atoms with Gasteiger partial charge in [-0.25, -0.2) is 4.98 Å². The second-order valence-corrected chi connectivity index (χ2v) is 4.56. The minimum Gasteiger partial charge on any atom is -0.465 e. The Balaban J connectivity index is 2.24. The van der Waals surface area contributed by atoms with Crippen molar-refractivity contribution in [3.8, 4) is 0 Å². The Hall–Kier alpha value is -1.32. The Morgan fingerprint density at radius 3 is 2.65 bits per heavy atom. The first-order chi connectivity index (χ1) is 8.12. The van der Waals surface area contributed by atoms with E-state index >= 15 is 0 Å². The van der Waals surface area contributed by atoms with E-state index in [-0.39, 0.29) is 11.4 Å². The molecule has 4 heteroatoms. The van der Waals surface area contributed by atoms with Crippen LogP contribution in [0.2, 0.25) is 0 Å². The van der Waals surface area contributed by atoms with Crippen LogP contribution in [0.3, 0.4) is 0 Å². The smallest absolute Gasteiger partial charge is 0.311 e. The van der Waals surface area contributed by atoms with Crippen molar-refractivity contribution in [3.05, 3.63) is 18.7 Å². The van der Waals surface area contributed by atoms with Crippen molar-refractivity contribution in [2.45, 2.75) is 46.6 Å². The highest BCUT2D eigenvalue weighted by Gasteiger charge is 2.30. The molecule has 0 bridgehead atoms. The van der Waals surface area contributed by atoms with Gasteiger partial charge in [-0.05, 0) is 26.2 Å². The zero-order valence-electron chi connectivity index (χ0n) is 11.0. The van der Waals surface area contributed by atoms with Crippen LogP contribution in [0.15, 0.2) is 18.7 Å². The van der Waals surface area contributed by atoms with Gasteiger partial charge in [-0.2, -0.15) is 0 Å². The molecule has 0 saturated heterocycles. The molecule has 0 aliphatic heterocycles. The summed E-state index contributed by atoms with van der Waals surface area (Å²) in [5, 5.41) is 0. The van der Waals surface area contributed by atoms with Crippen LogP contribution in [0.25, 0.3) is 0 Å². The van der Waals surface area contributed by atoms with E-state index < -0.39 is 0 Å². The summed E-state index contributed by atoms with van der Waals surface area (Å²) in [6.45, 7) is 7.33. The predicted molar refractivity (Wildman–Crippen MR) is 66.5 cm³/mol. The molecule has 0 saturated carbocycles. The van der Waals surface area contributed by atoms with Crippen LogP contribution in [0.4, 0.5) is 0 Å². The Bertz CT molecular complexity index is 329. The molecular weight excluding hydrogens is 216 g/mol. The molecule has 0 unspecified atom stereocenters. The number of hydrogen-bond acceptors (Lipinski definition) is 3. The number of aryl methyl sites for hydroxylation is 1. The van der Waals surface area contributed by atoms with Crippen LogP contribution in [0, 0.1) is 5.41 Å². The monoisotopic (exact) mass is 238 g/mol. The van der Waals surface area contributed by atoms with Gasteiger partial charge in [0.1, 0.15) is 0 Å². The van der Waals surface area contributed by atoms with Crippen molar-refractivity contribution in [1.82, 2.24) is 9.55 Å². The Kier molecular flexibility index (Phi) is 5.19. The Labute approximate surface area is 103 Å². The first-order valence-corrected chi connectivity index (χ1v) is 6.25. The molecule has 1 aromatic heterocycles. The molecular formula is C13H22N2O2. The normalized spacial score (nSPS) is 11.5. The SMILES string of the molecule is CCC(C)(CC)C(=O)OCCCn1ccnc1. The van der Waals surface area contributed by atoms with Gasteiger partial charge in [0, 0.05) is 18.9 Å². The molecule has 4 nitrogen and oxygen atoms in total. The van der Waals surface area contributed by atoms with Crippen LogP contribution in [0.5, 0.6) is 0 Å². The van der Waals surface area contributed by atoms with Crippen molar-refractivity contribution in [2.75, 3.05) is 6.61 Å². The fourth-order valence-corrected chi connectivity index (χ4v) is 1.54. The summed E-state index contributed by atoms with van der Waals surface area (Å²) in [5.74, 6) is -0.0758. The summed E-state index contributed by atoms with van der Waals surface area (Å²) in [6, 6.07) is 0. The number of carbonyl (C=O) groups is 1. The van der Waals surface area contributed by atoms with Gasteiger partial charge in [0.15, 0.2) is 0 Å². The van der Waals surface area contributed by atoms with Crippen molar-refractivity contribution < 1.29 is 9.53 Å². The van der Waals surface area contributed by atoms with Gasteiger partial charge in [0.25, 0.3) is 0 Å². The molecule has 0 aliphatic rings. The van der Waals surface area contributed by atoms with Crippen molar-refractivity contribution in [2.24, 2.45) is 5.41 Å². The van der Waals surface area contributed by atoms with Gasteiger partial charge in [-0.1, -0.05) is 13.8 Å². The number of carbonyl (C=O) groups excluding carboxylic acids is 1. The third kappa shape index (κ3) is 3.88. The number of aromatic nitrogens is 2. The van der Waals surface area contributed by atoms with Crippen molar-refractivity contribution in [1.29, 1.82) is 0 Å². The highest BCUT2D eigenvalue weighted by Crippen LogP contribution is 2.26. The second-order valence-electron chi connectivity index (χ2n) is 4.56. The van der Waals surface area contributed by atoms with Gasteiger partial charge >= 0.3 is 5.97 Å². The summed E-state index contributed by atoms with van der Waals surface area (Å²) in [6.07, 6.45) is 7.89. The maximum Gasteiger partial charge on any atom is 0.311 e. The molecule has 0 fully saturated rings. The van der Waals surface area contributed by atoms with Gasteiger partial charge in [0.05, 0.1) is 18.3 Å². The fraction of sp³-hybridized carbons (Fsp3) is 0.692. The molecule has 0 aromatic carbocycles. The van der Waals surface area contributed by atoms with E-state index in [2.05, 4.69) is 4.98 Å². The fourth-order valence-electron chi connectivity index (χ4n) is 1.54. The van der Waals surface area contributed by atoms with Crippen LogP contribution in [-0.4, -0.2) is 22.1 Å². The first-order valence-electron chi connectivity index (χ1n) is 6.25. The van der Waals surface area contributed by atoms with Gasteiger partial charge in [-0.3, -0.25) is 4.79 Å². The summed E-state index contributed by atoms with van der Waals surface area (Å²) >= 11 is 0. The number of esters is 1. The number of nitrogens with zero attached hydrogens (tertiary/aromatic N) is 2. The number of imidazole rings is 1. The van der Waals surface area contributed by atoms with Crippen LogP contribution in [0.1, 0.15) is 40.0 Å². The van der Waals surface area contributed by atoms with Gasteiger partial charge in [-0.15, -0.1) is 0 Å². The molecule has 0 atom stereocenters. The lowest BCUT2D eigenvalue weighted by Gasteiger charge is -2.23. The molecule has 0 N–H and O–H groups in total. The zero-order chi connectivity index (χ0) is 12.7. The van der Waals surface area contributed by atoms with Gasteiger partial charge < -0.3 is 9.30 Å². The maximum atomic E-state index is 11.8. The van der Waals surface area contributed by atoms with E-state index in [9.17, 15) is 4.79 Å². The molecule has 1 heterocycles. The minimum absolute atomic E-state index is 0.0758. The molecule has 0 spiro atoms. The minimum atomic E-state index is -0.324. The second kappa shape index (κ2) is 6.42. The van der Waals surface area contributed by atoms with Crippen LogP contribution < -0.4 is 0 Å². The third-order valence-electron chi connectivity index (χ3n) is 3.41. The highest BCUT2D eigenvalue weighted by molar-refractivity contribution is 5.76. The largest absolute Gasteiger partial charge is 0.465 e. The lowest BCUT2D eigenvalue weighted by Crippen LogP contribution is -2.28. The summed E-state index contributed by atoms with van der Waals surface area (Å²) in [7, 11) is 0. The molecule has 0 aliphatic carbocycles. The third-order valence-corrected chi connectivity index (χ3v) is 3.41. The molecule has 96 valence electrons. The predicted octanol–water partition coefficient (Wildman–Crippen LogP) is 2.64. The zero-order valence-corrected chi connectivity index (χ0v) is 11.0. The average molecular weight is 238 g/mol. The van der Waals surface area contributed by atoms with Crippen LogP contribution >= 0.6 is 0 Å². The highest BCUT2D eigenvalue weighted by atomic mass is 16.5. The first kappa shape index (κ1) is 13.7. The molecule has 0 radical (unpaired) electrons. The Morgan fingerprint density at radius 1 is 1.41 bits per heavy atom. The van der Waals surface area contributed by atoms with Crippen LogP contribution in [-0.2, 0) is 16.1 Å². The lowest BCUT2D eigenvalue weighted by molar-refractivity contribution is -0.155. The molecule has 1 rings (SSSR count). The number of ether oxygens (including phenoxy) is 1. The van der Waals surface area contributed by atoms with E-state index in [1.54, 1.807) is 12.5 Å². The quantitative estimate of drug-likeness (QED) is 0.542. The van der Waals surface area contributed by atoms with E-state index in [0.717, 1.165) is 25.8 Å². The summed E-state index contributed by atoms with van der Waals surface area (Å²) in [4.78, 5) is 15.8. The summed E-state index contributed by atoms with van der Waals surface area (Å²) in [5.41, 5.74) is -0.324.